The summed E-state index contributed by atoms with van der Waals surface area (Å²) in [7, 11) is 0. The molecule has 0 saturated carbocycles. The van der Waals surface area contributed by atoms with Gasteiger partial charge in [-0.1, -0.05) is 17.0 Å². The topological polar surface area (TPSA) is 219 Å². The van der Waals surface area contributed by atoms with E-state index < -0.39 is 51.8 Å². The number of nitrogen functional groups attached to an aromatic ring is 1. The van der Waals surface area contributed by atoms with Crippen LogP contribution in [0, 0.1) is 0 Å². The SMILES string of the molecule is Nc1nc(/C(=N\O)C(=O)N[C@@H]2C(=O)N3C(C(=O)O)=C(CSc4cc(=O)c5cc([O-])c(O)cc5s4)CS[C@H]23)cs1.[Na+]. The number of carbonyl (C=O) groups is 3. The van der Waals surface area contributed by atoms with E-state index in [-0.39, 0.29) is 63.0 Å². The van der Waals surface area contributed by atoms with Crippen molar-refractivity contribution in [2.24, 2.45) is 5.16 Å². The Bertz CT molecular complexity index is 1670. The number of phenols is 1. The number of benzene rings is 1. The number of nitrogens with two attached hydrogens (primary N) is 1. The number of carbonyl (C=O) groups excluding carboxylic acids is 2. The van der Waals surface area contributed by atoms with Crippen molar-refractivity contribution in [3.8, 4) is 11.5 Å². The quantitative estimate of drug-likeness (QED) is 0.0469. The molecule has 6 N–H and O–H groups in total. The van der Waals surface area contributed by atoms with Crippen molar-refractivity contribution in [1.29, 1.82) is 0 Å². The number of hydrogen-bond donors (Lipinski definition) is 5. The van der Waals surface area contributed by atoms with E-state index in [0.717, 1.165) is 22.3 Å². The van der Waals surface area contributed by atoms with Gasteiger partial charge in [0, 0.05) is 33.0 Å². The van der Waals surface area contributed by atoms with Crippen molar-refractivity contribution >= 4 is 84.9 Å². The summed E-state index contributed by atoms with van der Waals surface area (Å²) in [5.74, 6) is -3.57. The van der Waals surface area contributed by atoms with Gasteiger partial charge < -0.3 is 31.6 Å². The van der Waals surface area contributed by atoms with Crippen molar-refractivity contribution in [1.82, 2.24) is 15.2 Å². The first-order valence-electron chi connectivity index (χ1n) is 10.8. The van der Waals surface area contributed by atoms with E-state index in [4.69, 9.17) is 5.73 Å². The number of phenolic OH excluding ortho intramolecular Hbond substituents is 1. The molecule has 1 saturated heterocycles. The van der Waals surface area contributed by atoms with Crippen molar-refractivity contribution in [3.05, 3.63) is 50.8 Å². The Labute approximate surface area is 263 Å². The number of thiazole rings is 1. The van der Waals surface area contributed by atoms with Crippen molar-refractivity contribution in [3.63, 3.8) is 0 Å². The predicted octanol–water partition coefficient (Wildman–Crippen LogP) is -2.21. The van der Waals surface area contributed by atoms with E-state index in [2.05, 4.69) is 15.5 Å². The summed E-state index contributed by atoms with van der Waals surface area (Å²) in [4.78, 5) is 55.2. The van der Waals surface area contributed by atoms with Gasteiger partial charge in [0.05, 0.1) is 4.21 Å². The van der Waals surface area contributed by atoms with Gasteiger partial charge in [0.25, 0.3) is 11.8 Å². The first-order chi connectivity index (χ1) is 18.6. The van der Waals surface area contributed by atoms with Crippen LogP contribution in [-0.2, 0) is 14.4 Å². The minimum Gasteiger partial charge on any atom is -0.870 e. The molecule has 13 nitrogen and oxygen atoms in total. The number of aliphatic carboxylic acids is 1. The Hall–Kier alpha value is -2.80. The van der Waals surface area contributed by atoms with Gasteiger partial charge in [0.1, 0.15) is 28.6 Å². The molecule has 0 aliphatic carbocycles. The van der Waals surface area contributed by atoms with Crippen molar-refractivity contribution < 1.29 is 64.5 Å². The summed E-state index contributed by atoms with van der Waals surface area (Å²) in [6.45, 7) is 0. The van der Waals surface area contributed by atoms with Crippen LogP contribution >= 0.6 is 46.2 Å². The molecule has 4 heterocycles. The summed E-state index contributed by atoms with van der Waals surface area (Å²) in [6.07, 6.45) is 0. The van der Waals surface area contributed by atoms with Crippen molar-refractivity contribution in [2.75, 3.05) is 17.2 Å². The summed E-state index contributed by atoms with van der Waals surface area (Å²) >= 11 is 4.64. The second-order valence-electron chi connectivity index (χ2n) is 8.17. The number of anilines is 1. The van der Waals surface area contributed by atoms with Crippen LogP contribution in [0.5, 0.6) is 11.5 Å². The molecule has 0 bridgehead atoms. The zero-order chi connectivity index (χ0) is 28.0. The first-order valence-corrected chi connectivity index (χ1v) is 14.6. The number of rotatable bonds is 7. The zero-order valence-corrected chi connectivity index (χ0v) is 25.6. The third kappa shape index (κ3) is 5.54. The van der Waals surface area contributed by atoms with Crippen molar-refractivity contribution in [2.45, 2.75) is 15.6 Å². The van der Waals surface area contributed by atoms with Gasteiger partial charge in [-0.3, -0.25) is 19.3 Å². The molecule has 0 radical (unpaired) electrons. The number of carboxylic acids is 1. The fourth-order valence-electron chi connectivity index (χ4n) is 3.99. The van der Waals surface area contributed by atoms with E-state index in [1.54, 1.807) is 0 Å². The standard InChI is InChI=1S/C22H17N5O8S4.Na/c23-22-24-9(6-38-22)15(26-35)18(31)25-16-19(32)27-17(21(33)34)7(5-37-20(16)27)4-36-14-3-10(28)8-1-11(29)12(30)2-13(8)39-14;/h1-3,6,16,20,29-30,35H,4-5H2,(H2,23,24)(H,25,31)(H,33,34);/q;+1/p-1/b26-15+;/t16-,20-;/m1./s1. The summed E-state index contributed by atoms with van der Waals surface area (Å²) in [6, 6.07) is 2.58. The number of aromatic nitrogens is 1. The van der Waals surface area contributed by atoms with E-state index in [0.29, 0.717) is 14.5 Å². The van der Waals surface area contributed by atoms with Crippen LogP contribution in [0.15, 0.2) is 49.0 Å². The zero-order valence-electron chi connectivity index (χ0n) is 20.3. The number of hydrogen-bond acceptors (Lipinski definition) is 14. The number of aromatic hydroxyl groups is 1. The van der Waals surface area contributed by atoms with Gasteiger partial charge >= 0.3 is 35.5 Å². The average Bonchev–Trinajstić information content (AvgIpc) is 3.32. The summed E-state index contributed by atoms with van der Waals surface area (Å²) in [5.41, 5.74) is 4.99. The van der Waals surface area contributed by atoms with Gasteiger partial charge in [-0.2, -0.15) is 0 Å². The average molecular weight is 630 g/mol. The van der Waals surface area contributed by atoms with E-state index in [9.17, 15) is 39.7 Å². The van der Waals surface area contributed by atoms with Gasteiger partial charge in [0.15, 0.2) is 16.3 Å². The molecule has 2 atom stereocenters. The Morgan fingerprint density at radius 3 is 2.70 bits per heavy atom. The third-order valence-corrected chi connectivity index (χ3v) is 10.2. The second kappa shape index (κ2) is 12.0. The van der Waals surface area contributed by atoms with Crippen LogP contribution < -0.4 is 51.1 Å². The Morgan fingerprint density at radius 2 is 2.05 bits per heavy atom. The van der Waals surface area contributed by atoms with Gasteiger partial charge in [-0.25, -0.2) is 9.78 Å². The van der Waals surface area contributed by atoms with E-state index in [1.807, 2.05) is 0 Å². The summed E-state index contributed by atoms with van der Waals surface area (Å²) < 4.78 is 0.948. The minimum absolute atomic E-state index is 0. The molecule has 0 unspecified atom stereocenters. The molecule has 40 heavy (non-hydrogen) atoms. The van der Waals surface area contributed by atoms with Crippen LogP contribution in [-0.4, -0.2) is 71.7 Å². The smallest absolute Gasteiger partial charge is 0.870 e. The molecule has 2 amide bonds. The number of β-lactam (4-membered cyclic amide) rings is 1. The van der Waals surface area contributed by atoms with Crippen LogP contribution in [0.1, 0.15) is 5.69 Å². The third-order valence-electron chi connectivity index (χ3n) is 5.79. The Morgan fingerprint density at radius 1 is 1.30 bits per heavy atom. The Balaban J connectivity index is 0.00000370. The molecule has 18 heteroatoms. The van der Waals surface area contributed by atoms with Crippen LogP contribution in [0.3, 0.4) is 0 Å². The molecule has 1 aromatic carbocycles. The maximum Gasteiger partial charge on any atom is 1.00 e. The van der Waals surface area contributed by atoms with Gasteiger partial charge in [-0.15, -0.1) is 46.2 Å². The largest absolute Gasteiger partial charge is 1.00 e. The molecular formula is C22H16N5NaO8S4. The normalized spacial score (nSPS) is 18.6. The predicted molar refractivity (Wildman–Crippen MR) is 144 cm³/mol. The second-order valence-corrected chi connectivity index (χ2v) is 12.5. The number of oxime groups is 1. The number of nitrogens with zero attached hydrogens (tertiary/aromatic N) is 3. The number of thioether (sulfide) groups is 2. The molecule has 2 aliphatic heterocycles. The van der Waals surface area contributed by atoms with Gasteiger partial charge in [0.2, 0.25) is 0 Å². The maximum atomic E-state index is 12.9. The number of nitrogens with one attached hydrogen (secondary N) is 1. The summed E-state index contributed by atoms with van der Waals surface area (Å²) in [5, 5.41) is 47.0. The number of fused-ring (bicyclic) bond motifs is 2. The first kappa shape index (κ1) is 30.2. The molecular weight excluding hydrogens is 614 g/mol. The monoisotopic (exact) mass is 629 g/mol. The number of carboxylic acid groups (broad SMARTS) is 1. The van der Waals surface area contributed by atoms with E-state index >= 15 is 0 Å². The molecule has 5 rings (SSSR count). The minimum atomic E-state index is -1.32. The fraction of sp³-hybridized carbons (Fsp3) is 0.182. The van der Waals surface area contributed by atoms with Gasteiger partial charge in [-0.05, 0) is 11.6 Å². The molecule has 3 aromatic rings. The van der Waals surface area contributed by atoms with Crippen LogP contribution in [0.25, 0.3) is 10.1 Å². The molecule has 1 fully saturated rings. The van der Waals surface area contributed by atoms with E-state index in [1.165, 1.54) is 52.4 Å². The maximum absolute atomic E-state index is 12.9. The molecule has 202 valence electrons. The number of amides is 2. The van der Waals surface area contributed by atoms with Crippen LogP contribution in [0.2, 0.25) is 0 Å². The fourth-order valence-corrected chi connectivity index (χ4v) is 8.26. The molecule has 2 aliphatic rings. The molecule has 0 spiro atoms. The Kier molecular flexibility index (Phi) is 9.03. The molecule has 2 aromatic heterocycles. The van der Waals surface area contributed by atoms with Crippen LogP contribution in [0.4, 0.5) is 5.13 Å².